The Hall–Kier alpha value is -1.35. The van der Waals surface area contributed by atoms with Gasteiger partial charge >= 0.3 is 5.97 Å². The highest BCUT2D eigenvalue weighted by Crippen LogP contribution is 2.21. The second kappa shape index (κ2) is 6.71. The number of carbonyl (C=O) groups is 1. The van der Waals surface area contributed by atoms with Gasteiger partial charge in [0.25, 0.3) is 0 Å². The summed E-state index contributed by atoms with van der Waals surface area (Å²) < 4.78 is 4.88. The van der Waals surface area contributed by atoms with Gasteiger partial charge in [-0.15, -0.1) is 0 Å². The molecule has 3 nitrogen and oxygen atoms in total. The first-order valence-electron chi connectivity index (χ1n) is 6.72. The molecule has 0 aliphatic heterocycles. The van der Waals surface area contributed by atoms with Gasteiger partial charge in [-0.25, -0.2) is 0 Å². The van der Waals surface area contributed by atoms with Crippen molar-refractivity contribution in [3.05, 3.63) is 35.9 Å². The lowest BCUT2D eigenvalue weighted by Crippen LogP contribution is -2.48. The van der Waals surface area contributed by atoms with Gasteiger partial charge in [0, 0.05) is 6.54 Å². The predicted molar refractivity (Wildman–Crippen MR) is 78.1 cm³/mol. The van der Waals surface area contributed by atoms with Crippen molar-refractivity contribution in [2.75, 3.05) is 13.7 Å². The van der Waals surface area contributed by atoms with Crippen molar-refractivity contribution in [3.63, 3.8) is 0 Å². The van der Waals surface area contributed by atoms with Crippen LogP contribution in [0.1, 0.15) is 39.2 Å². The van der Waals surface area contributed by atoms with Crippen molar-refractivity contribution in [1.82, 2.24) is 5.32 Å². The van der Waals surface area contributed by atoms with Crippen LogP contribution in [-0.4, -0.2) is 25.7 Å². The normalized spacial score (nSPS) is 14.8. The molecule has 0 bridgehead atoms. The predicted octanol–water partition coefficient (Wildman–Crippen LogP) is 2.97. The molecule has 1 aromatic rings. The van der Waals surface area contributed by atoms with Crippen molar-refractivity contribution in [3.8, 4) is 0 Å². The number of carbonyl (C=O) groups excluding carboxylic acids is 1. The number of rotatable bonds is 5. The van der Waals surface area contributed by atoms with E-state index in [1.807, 2.05) is 39.0 Å². The van der Waals surface area contributed by atoms with E-state index in [9.17, 15) is 4.79 Å². The summed E-state index contributed by atoms with van der Waals surface area (Å²) in [7, 11) is 1.43. The van der Waals surface area contributed by atoms with Crippen molar-refractivity contribution in [2.45, 2.75) is 39.7 Å². The van der Waals surface area contributed by atoms with Crippen LogP contribution in [0.25, 0.3) is 0 Å². The van der Waals surface area contributed by atoms with Crippen molar-refractivity contribution in [2.24, 2.45) is 5.41 Å². The number of methoxy groups -OCH3 is 1. The molecule has 0 aromatic heterocycles. The smallest absolute Gasteiger partial charge is 0.323 e. The largest absolute Gasteiger partial charge is 0.468 e. The zero-order valence-corrected chi connectivity index (χ0v) is 12.6. The molecule has 1 rings (SSSR count). The summed E-state index contributed by atoms with van der Waals surface area (Å²) in [5, 5.41) is 3.33. The van der Waals surface area contributed by atoms with Crippen molar-refractivity contribution in [1.29, 1.82) is 0 Å². The van der Waals surface area contributed by atoms with Crippen molar-refractivity contribution < 1.29 is 9.53 Å². The van der Waals surface area contributed by atoms with E-state index in [2.05, 4.69) is 24.4 Å². The maximum absolute atomic E-state index is 11.8. The summed E-state index contributed by atoms with van der Waals surface area (Å²) in [4.78, 5) is 11.8. The van der Waals surface area contributed by atoms with Gasteiger partial charge in [0.2, 0.25) is 0 Å². The van der Waals surface area contributed by atoms with Crippen LogP contribution < -0.4 is 5.32 Å². The standard InChI is InChI=1S/C16H25NO2/c1-12(13-9-7-6-8-10-13)11-17-14(15(18)19-5)16(2,3)4/h6-10,12,14,17H,11H2,1-5H3. The third-order valence-corrected chi connectivity index (χ3v) is 3.30. The molecule has 0 fully saturated rings. The summed E-state index contributed by atoms with van der Waals surface area (Å²) >= 11 is 0. The van der Waals surface area contributed by atoms with Gasteiger partial charge in [0.15, 0.2) is 0 Å². The molecule has 1 N–H and O–H groups in total. The molecule has 2 unspecified atom stereocenters. The molecule has 0 amide bonds. The number of ether oxygens (including phenoxy) is 1. The van der Waals surface area contributed by atoms with Gasteiger partial charge in [0.05, 0.1) is 7.11 Å². The average molecular weight is 263 g/mol. The molecule has 0 heterocycles. The summed E-state index contributed by atoms with van der Waals surface area (Å²) in [5.74, 6) is 0.156. The Labute approximate surface area is 116 Å². The van der Waals surface area contributed by atoms with Gasteiger partial charge in [-0.3, -0.25) is 4.79 Å². The maximum Gasteiger partial charge on any atom is 0.323 e. The summed E-state index contributed by atoms with van der Waals surface area (Å²) in [6.45, 7) is 9.01. The SMILES string of the molecule is COC(=O)C(NCC(C)c1ccccc1)C(C)(C)C. The van der Waals surface area contributed by atoms with Crippen LogP contribution >= 0.6 is 0 Å². The molecular formula is C16H25NO2. The minimum Gasteiger partial charge on any atom is -0.468 e. The van der Waals surface area contributed by atoms with Crippen LogP contribution in [-0.2, 0) is 9.53 Å². The van der Waals surface area contributed by atoms with E-state index >= 15 is 0 Å². The van der Waals surface area contributed by atoms with Gasteiger partial charge in [-0.1, -0.05) is 58.0 Å². The molecule has 0 aliphatic rings. The van der Waals surface area contributed by atoms with Gasteiger partial charge in [0.1, 0.15) is 6.04 Å². The van der Waals surface area contributed by atoms with Crippen LogP contribution in [0.5, 0.6) is 0 Å². The van der Waals surface area contributed by atoms with Crippen LogP contribution in [0.15, 0.2) is 30.3 Å². The summed E-state index contributed by atoms with van der Waals surface area (Å²) in [6, 6.07) is 10.0. The lowest BCUT2D eigenvalue weighted by atomic mass is 9.86. The highest BCUT2D eigenvalue weighted by molar-refractivity contribution is 5.76. The highest BCUT2D eigenvalue weighted by atomic mass is 16.5. The second-order valence-corrected chi connectivity index (χ2v) is 6.04. The Morgan fingerprint density at radius 3 is 2.32 bits per heavy atom. The molecule has 106 valence electrons. The van der Waals surface area contributed by atoms with E-state index in [0.717, 1.165) is 6.54 Å². The maximum atomic E-state index is 11.8. The van der Waals surface area contributed by atoms with E-state index in [-0.39, 0.29) is 17.4 Å². The molecular weight excluding hydrogens is 238 g/mol. The molecule has 3 heteroatoms. The van der Waals surface area contributed by atoms with Crippen molar-refractivity contribution >= 4 is 5.97 Å². The molecule has 19 heavy (non-hydrogen) atoms. The Kier molecular flexibility index (Phi) is 5.55. The first-order chi connectivity index (χ1) is 8.86. The van der Waals surface area contributed by atoms with Gasteiger partial charge in [-0.2, -0.15) is 0 Å². The average Bonchev–Trinajstić information content (AvgIpc) is 2.37. The molecule has 0 spiro atoms. The Balaban J connectivity index is 2.65. The Bertz CT molecular complexity index is 395. The Morgan fingerprint density at radius 2 is 1.84 bits per heavy atom. The van der Waals surface area contributed by atoms with E-state index in [1.165, 1.54) is 12.7 Å². The second-order valence-electron chi connectivity index (χ2n) is 6.04. The fourth-order valence-electron chi connectivity index (χ4n) is 2.05. The van der Waals surface area contributed by atoms with Crippen LogP contribution in [0, 0.1) is 5.41 Å². The Morgan fingerprint density at radius 1 is 1.26 bits per heavy atom. The van der Waals surface area contributed by atoms with Gasteiger partial charge < -0.3 is 10.1 Å². The monoisotopic (exact) mass is 263 g/mol. The molecule has 0 saturated carbocycles. The zero-order chi connectivity index (χ0) is 14.5. The number of esters is 1. The molecule has 0 radical (unpaired) electrons. The third kappa shape index (κ3) is 4.67. The van der Waals surface area contributed by atoms with Gasteiger partial charge in [-0.05, 0) is 16.9 Å². The topological polar surface area (TPSA) is 38.3 Å². The van der Waals surface area contributed by atoms with E-state index < -0.39 is 0 Å². The molecule has 1 aromatic carbocycles. The van der Waals surface area contributed by atoms with E-state index in [1.54, 1.807) is 0 Å². The lowest BCUT2D eigenvalue weighted by molar-refractivity contribution is -0.146. The summed E-state index contributed by atoms with van der Waals surface area (Å²) in [6.07, 6.45) is 0. The first-order valence-corrected chi connectivity index (χ1v) is 6.72. The van der Waals surface area contributed by atoms with Crippen LogP contribution in [0.3, 0.4) is 0 Å². The minimum absolute atomic E-state index is 0.163. The summed E-state index contributed by atoms with van der Waals surface area (Å²) in [5.41, 5.74) is 1.11. The molecule has 0 saturated heterocycles. The highest BCUT2D eigenvalue weighted by Gasteiger charge is 2.31. The molecule has 0 aliphatic carbocycles. The quantitative estimate of drug-likeness (QED) is 0.830. The number of hydrogen-bond donors (Lipinski definition) is 1. The van der Waals surface area contributed by atoms with Crippen LogP contribution in [0.2, 0.25) is 0 Å². The fourth-order valence-corrected chi connectivity index (χ4v) is 2.05. The van der Waals surface area contributed by atoms with E-state index in [4.69, 9.17) is 4.74 Å². The fraction of sp³-hybridized carbons (Fsp3) is 0.562. The first kappa shape index (κ1) is 15.7. The van der Waals surface area contributed by atoms with Crippen LogP contribution in [0.4, 0.5) is 0 Å². The number of hydrogen-bond acceptors (Lipinski definition) is 3. The third-order valence-electron chi connectivity index (χ3n) is 3.30. The number of nitrogens with one attached hydrogen (secondary N) is 1. The minimum atomic E-state index is -0.288. The number of benzene rings is 1. The molecule has 2 atom stereocenters. The zero-order valence-electron chi connectivity index (χ0n) is 12.6. The van der Waals surface area contributed by atoms with E-state index in [0.29, 0.717) is 5.92 Å². The lowest BCUT2D eigenvalue weighted by Gasteiger charge is -2.30.